The normalized spacial score (nSPS) is 14.0. The molecule has 0 saturated carbocycles. The van der Waals surface area contributed by atoms with Gasteiger partial charge in [0.1, 0.15) is 17.2 Å². The fourth-order valence-electron chi connectivity index (χ4n) is 9.49. The van der Waals surface area contributed by atoms with Crippen LogP contribution in [-0.4, -0.2) is 128 Å². The first-order valence-electron chi connectivity index (χ1n) is 33.0. The number of nitrogens with one attached hydrogen (secondary N) is 6. The molecule has 478 valence electrons. The Morgan fingerprint density at radius 2 is 0.780 bits per heavy atom. The molecule has 1 aliphatic heterocycles. The van der Waals surface area contributed by atoms with Crippen LogP contribution in [0.1, 0.15) is 281 Å². The van der Waals surface area contributed by atoms with Gasteiger partial charge in [-0.25, -0.2) is 9.59 Å². The van der Waals surface area contributed by atoms with Crippen LogP contribution in [0.25, 0.3) is 0 Å². The minimum Gasteiger partial charge on any atom is -0.444 e. The predicted molar refractivity (Wildman–Crippen MR) is 340 cm³/mol. The number of alkyl carbamates (subject to hydrolysis) is 2. The monoisotopic (exact) mass is 1160 g/mol. The average molecular weight is 1160 g/mol. The van der Waals surface area contributed by atoms with Crippen molar-refractivity contribution in [3.05, 3.63) is 24.3 Å². The summed E-state index contributed by atoms with van der Waals surface area (Å²) in [4.78, 5) is 78.3. The molecule has 6 N–H and O–H groups in total. The molecule has 0 aromatic carbocycles. The zero-order chi connectivity index (χ0) is 61.0. The third-order valence-corrected chi connectivity index (χ3v) is 14.3. The molecule has 1 rings (SSSR count). The number of ketones is 1. The number of rotatable bonds is 48. The second-order valence-corrected chi connectivity index (χ2v) is 24.8. The van der Waals surface area contributed by atoms with Gasteiger partial charge in [0.2, 0.25) is 17.7 Å². The van der Waals surface area contributed by atoms with Crippen molar-refractivity contribution in [1.29, 1.82) is 0 Å². The van der Waals surface area contributed by atoms with Crippen LogP contribution < -0.4 is 31.9 Å². The number of piperazine rings is 1. The number of hydrogen-bond acceptors (Lipinski definition) is 11. The smallest absolute Gasteiger partial charge is 0.407 e. The summed E-state index contributed by atoms with van der Waals surface area (Å²) in [5, 5.41) is 17.6. The van der Waals surface area contributed by atoms with Crippen molar-refractivity contribution < 1.29 is 38.2 Å². The van der Waals surface area contributed by atoms with Gasteiger partial charge in [0, 0.05) is 58.8 Å². The first-order valence-corrected chi connectivity index (χ1v) is 33.0. The summed E-state index contributed by atoms with van der Waals surface area (Å²) in [6.45, 7) is 23.0. The SMILES string of the molecule is CCCCCCCC/C=C\CCCCCCCC(=O)N[C@@H](CCCCNC(=O)OC(C)(C)C)C(=O)NCN1CCN(CNC)CC1.CCCCCCCC/C=C\CCCCCCCC(=O)N[C@@H](CCCCNC(=O)OC(C)(C)C)C(C)=O. The van der Waals surface area contributed by atoms with Gasteiger partial charge in [-0.05, 0) is 158 Å². The van der Waals surface area contributed by atoms with Gasteiger partial charge in [-0.1, -0.05) is 141 Å². The summed E-state index contributed by atoms with van der Waals surface area (Å²) in [5.41, 5.74) is -1.06. The van der Waals surface area contributed by atoms with Crippen LogP contribution in [0.4, 0.5) is 9.59 Å². The molecule has 16 heteroatoms. The van der Waals surface area contributed by atoms with Gasteiger partial charge in [-0.3, -0.25) is 29.0 Å². The first-order chi connectivity index (χ1) is 39.3. The Labute approximate surface area is 501 Å². The number of ether oxygens (including phenoxy) is 2. The Morgan fingerprint density at radius 1 is 0.439 bits per heavy atom. The number of nitrogens with zero attached hydrogens (tertiary/aromatic N) is 2. The number of allylic oxidation sites excluding steroid dienone is 4. The van der Waals surface area contributed by atoms with Gasteiger partial charge in [0.15, 0.2) is 5.78 Å². The van der Waals surface area contributed by atoms with Crippen molar-refractivity contribution in [2.24, 2.45) is 0 Å². The summed E-state index contributed by atoms with van der Waals surface area (Å²) in [7, 11) is 1.95. The van der Waals surface area contributed by atoms with E-state index in [9.17, 15) is 28.8 Å². The zero-order valence-electron chi connectivity index (χ0n) is 54.3. The molecule has 1 heterocycles. The number of Topliss-reactive ketones (excluding diaryl/α,β-unsaturated/α-hetero) is 1. The Kier molecular flexibility index (Phi) is 50.0. The van der Waals surface area contributed by atoms with Crippen LogP contribution in [0, 0.1) is 0 Å². The molecule has 0 spiro atoms. The lowest BCUT2D eigenvalue weighted by atomic mass is 10.0. The van der Waals surface area contributed by atoms with Gasteiger partial charge >= 0.3 is 12.2 Å². The molecule has 0 bridgehead atoms. The van der Waals surface area contributed by atoms with Crippen molar-refractivity contribution in [2.75, 3.05) is 59.7 Å². The summed E-state index contributed by atoms with van der Waals surface area (Å²) >= 11 is 0. The maximum absolute atomic E-state index is 13.2. The lowest BCUT2D eigenvalue weighted by Crippen LogP contribution is -2.54. The first kappa shape index (κ1) is 78.0. The quantitative estimate of drug-likeness (QED) is 0.0250. The molecular weight excluding hydrogens is 1030 g/mol. The van der Waals surface area contributed by atoms with Crippen molar-refractivity contribution in [3.63, 3.8) is 0 Å². The van der Waals surface area contributed by atoms with Gasteiger partial charge in [-0.2, -0.15) is 0 Å². The lowest BCUT2D eigenvalue weighted by molar-refractivity contribution is -0.129. The molecule has 0 aromatic rings. The van der Waals surface area contributed by atoms with Crippen molar-refractivity contribution in [3.8, 4) is 0 Å². The van der Waals surface area contributed by atoms with Gasteiger partial charge < -0.3 is 41.4 Å². The third-order valence-electron chi connectivity index (χ3n) is 14.3. The van der Waals surface area contributed by atoms with Crippen LogP contribution in [0.5, 0.6) is 0 Å². The summed E-state index contributed by atoms with van der Waals surface area (Å²) in [6, 6.07) is -1.02. The highest BCUT2D eigenvalue weighted by molar-refractivity contribution is 5.88. The van der Waals surface area contributed by atoms with E-state index in [0.29, 0.717) is 58.3 Å². The van der Waals surface area contributed by atoms with E-state index in [1.807, 2.05) is 48.6 Å². The third kappa shape index (κ3) is 52.8. The molecule has 0 aliphatic carbocycles. The minimum absolute atomic E-state index is 0.0204. The molecular formula is C66H126N8O8. The Morgan fingerprint density at radius 3 is 1.15 bits per heavy atom. The summed E-state index contributed by atoms with van der Waals surface area (Å²) in [6.07, 6.45) is 45.2. The number of carbonyl (C=O) groups is 6. The van der Waals surface area contributed by atoms with Gasteiger partial charge in [0.05, 0.1) is 12.7 Å². The minimum atomic E-state index is -0.581. The number of carbonyl (C=O) groups excluding carboxylic acids is 6. The van der Waals surface area contributed by atoms with E-state index >= 15 is 0 Å². The van der Waals surface area contributed by atoms with Gasteiger partial charge in [0.25, 0.3) is 0 Å². The van der Waals surface area contributed by atoms with E-state index in [0.717, 1.165) is 97.1 Å². The summed E-state index contributed by atoms with van der Waals surface area (Å²) in [5.74, 6) is -0.270. The molecule has 2 atom stereocenters. The van der Waals surface area contributed by atoms with Crippen molar-refractivity contribution >= 4 is 35.7 Å². The molecule has 0 unspecified atom stereocenters. The highest BCUT2D eigenvalue weighted by Gasteiger charge is 2.23. The highest BCUT2D eigenvalue weighted by atomic mass is 16.6. The standard InChI is InChI=1S/C36H70N6O4.C30H56N2O4/c1-6-7-8-9-10-11-12-13-14-15-16-17-18-19-20-24-33(43)40-32(23-21-22-25-38-35(45)46-36(2,3)4)34(44)39-31-42-28-26-41(27-29-42)30-37-5;1-6-7-8-9-10-11-12-13-14-15-16-17-18-19-20-24-28(34)32-27(26(2)33)23-21-22-25-31-29(35)36-30(3,4)5/h13-14,32,37H,6-12,15-31H2,1-5H3,(H,38,45)(H,39,44)(H,40,43);13-14,27H,6-12,15-25H2,1-5H3,(H,31,35)(H,32,34)/b2*14-13-/t32-;27-/m00/s1. The van der Waals surface area contributed by atoms with E-state index < -0.39 is 35.5 Å². The second-order valence-electron chi connectivity index (χ2n) is 24.8. The fraction of sp³-hybridized carbons (Fsp3) is 0.848. The fourth-order valence-corrected chi connectivity index (χ4v) is 9.49. The molecule has 5 amide bonds. The zero-order valence-corrected chi connectivity index (χ0v) is 54.3. The molecule has 0 aromatic heterocycles. The summed E-state index contributed by atoms with van der Waals surface area (Å²) < 4.78 is 10.5. The number of amides is 5. The maximum atomic E-state index is 13.2. The van der Waals surface area contributed by atoms with Crippen LogP contribution in [0.15, 0.2) is 24.3 Å². The van der Waals surface area contributed by atoms with Crippen LogP contribution in [0.3, 0.4) is 0 Å². The van der Waals surface area contributed by atoms with E-state index in [4.69, 9.17) is 9.47 Å². The van der Waals surface area contributed by atoms with E-state index in [1.165, 1.54) is 122 Å². The van der Waals surface area contributed by atoms with E-state index in [1.54, 1.807) is 0 Å². The number of hydrogen-bond donors (Lipinski definition) is 6. The van der Waals surface area contributed by atoms with E-state index in [-0.39, 0.29) is 23.5 Å². The largest absolute Gasteiger partial charge is 0.444 e. The van der Waals surface area contributed by atoms with Crippen LogP contribution in [0.2, 0.25) is 0 Å². The Hall–Kier alpha value is -4.02. The van der Waals surface area contributed by atoms with Crippen molar-refractivity contribution in [1.82, 2.24) is 41.7 Å². The van der Waals surface area contributed by atoms with Crippen LogP contribution >= 0.6 is 0 Å². The highest BCUT2D eigenvalue weighted by Crippen LogP contribution is 2.14. The Bertz CT molecular complexity index is 1670. The molecule has 82 heavy (non-hydrogen) atoms. The van der Waals surface area contributed by atoms with Crippen molar-refractivity contribution in [2.45, 2.75) is 304 Å². The molecule has 0 radical (unpaired) electrons. The molecule has 1 aliphatic rings. The topological polar surface area (TPSA) is 200 Å². The second kappa shape index (κ2) is 52.5. The molecule has 1 fully saturated rings. The molecule has 16 nitrogen and oxygen atoms in total. The van der Waals surface area contributed by atoms with Gasteiger partial charge in [-0.15, -0.1) is 0 Å². The molecule has 1 saturated heterocycles. The predicted octanol–water partition coefficient (Wildman–Crippen LogP) is 13.9. The maximum Gasteiger partial charge on any atom is 0.407 e. The Balaban J connectivity index is 0.00000165. The lowest BCUT2D eigenvalue weighted by Gasteiger charge is -2.34. The van der Waals surface area contributed by atoms with E-state index in [2.05, 4.69) is 79.9 Å². The van der Waals surface area contributed by atoms with Crippen LogP contribution in [-0.2, 0) is 28.7 Å². The number of unbranched alkanes of at least 4 members (excludes halogenated alkanes) is 24. The average Bonchev–Trinajstić information content (AvgIpc) is 3.43.